The van der Waals surface area contributed by atoms with Gasteiger partial charge in [-0.2, -0.15) is 0 Å². The number of rotatable bonds is 6. The minimum atomic E-state index is 0.605. The Kier molecular flexibility index (Phi) is 7.91. The molecule has 282 valence electrons. The number of hydrogen-bond donors (Lipinski definition) is 0. The molecule has 1 aliphatic carbocycles. The smallest absolute Gasteiger partial charge is 0.164 e. The van der Waals surface area contributed by atoms with Crippen molar-refractivity contribution in [2.24, 2.45) is 0 Å². The van der Waals surface area contributed by atoms with Gasteiger partial charge < -0.3 is 8.83 Å². The third kappa shape index (κ3) is 5.82. The quantitative estimate of drug-likeness (QED) is 0.168. The summed E-state index contributed by atoms with van der Waals surface area (Å²) in [4.78, 5) is 15.6. The number of benzene rings is 8. The van der Waals surface area contributed by atoms with E-state index in [9.17, 15) is 0 Å². The fourth-order valence-electron chi connectivity index (χ4n) is 8.72. The highest BCUT2D eigenvalue weighted by Gasteiger charge is 2.20. The molecule has 12 rings (SSSR count). The summed E-state index contributed by atoms with van der Waals surface area (Å²) >= 11 is 0. The van der Waals surface area contributed by atoms with Crippen LogP contribution in [0.3, 0.4) is 0 Å². The van der Waals surface area contributed by atoms with Gasteiger partial charge in [-0.15, -0.1) is 0 Å². The molecule has 3 aromatic heterocycles. The lowest BCUT2D eigenvalue weighted by molar-refractivity contribution is 0.669. The lowest BCUT2D eigenvalue weighted by Gasteiger charge is -2.12. The van der Waals surface area contributed by atoms with E-state index in [1.165, 1.54) is 5.56 Å². The first-order valence-electron chi connectivity index (χ1n) is 20.4. The van der Waals surface area contributed by atoms with Crippen molar-refractivity contribution in [3.05, 3.63) is 194 Å². The van der Waals surface area contributed by atoms with Gasteiger partial charge in [0.05, 0.1) is 0 Å². The highest BCUT2D eigenvalue weighted by atomic mass is 16.3. The second-order valence-corrected chi connectivity index (χ2v) is 15.4. The molecule has 3 heterocycles. The van der Waals surface area contributed by atoms with E-state index in [4.69, 9.17) is 23.8 Å². The molecule has 0 saturated carbocycles. The summed E-state index contributed by atoms with van der Waals surface area (Å²) in [5, 5.41) is 6.65. The Morgan fingerprint density at radius 2 is 1.03 bits per heavy atom. The van der Waals surface area contributed by atoms with Crippen molar-refractivity contribution in [3.63, 3.8) is 0 Å². The number of fused-ring (bicyclic) bond motifs is 8. The van der Waals surface area contributed by atoms with Crippen molar-refractivity contribution in [2.75, 3.05) is 0 Å². The van der Waals surface area contributed by atoms with E-state index in [-0.39, 0.29) is 0 Å². The van der Waals surface area contributed by atoms with E-state index in [1.807, 2.05) is 24.3 Å². The number of nitrogens with zero attached hydrogens (tertiary/aromatic N) is 3. The summed E-state index contributed by atoms with van der Waals surface area (Å²) in [5.74, 6) is 1.88. The van der Waals surface area contributed by atoms with Crippen molar-refractivity contribution in [1.82, 2.24) is 15.0 Å². The van der Waals surface area contributed by atoms with Crippen LogP contribution in [0.25, 0.3) is 116 Å². The van der Waals surface area contributed by atoms with Gasteiger partial charge in [0, 0.05) is 43.8 Å². The van der Waals surface area contributed by atoms with E-state index in [0.717, 1.165) is 112 Å². The van der Waals surface area contributed by atoms with Crippen LogP contribution in [0.2, 0.25) is 0 Å². The monoisotopic (exact) mass is 769 g/mol. The van der Waals surface area contributed by atoms with Gasteiger partial charge in [-0.1, -0.05) is 152 Å². The minimum absolute atomic E-state index is 0.605. The average Bonchev–Trinajstić information content (AvgIpc) is 3.90. The molecule has 0 aliphatic heterocycles. The van der Waals surface area contributed by atoms with Gasteiger partial charge in [0.1, 0.15) is 22.3 Å². The summed E-state index contributed by atoms with van der Waals surface area (Å²) in [5.41, 5.74) is 12.8. The van der Waals surface area contributed by atoms with Gasteiger partial charge in [-0.3, -0.25) is 0 Å². The number of allylic oxidation sites excluding steroid dienone is 4. The van der Waals surface area contributed by atoms with Gasteiger partial charge >= 0.3 is 0 Å². The molecule has 11 aromatic rings. The Hall–Kier alpha value is -7.89. The molecule has 5 nitrogen and oxygen atoms in total. The first kappa shape index (κ1) is 34.2. The Bertz CT molecular complexity index is 3520. The van der Waals surface area contributed by atoms with E-state index >= 15 is 0 Å². The van der Waals surface area contributed by atoms with Gasteiger partial charge in [0.15, 0.2) is 17.5 Å². The lowest BCUT2D eigenvalue weighted by Crippen LogP contribution is -2.03. The van der Waals surface area contributed by atoms with Gasteiger partial charge in [-0.05, 0) is 87.8 Å². The Morgan fingerprint density at radius 1 is 0.383 bits per heavy atom. The third-order valence-electron chi connectivity index (χ3n) is 11.8. The Morgan fingerprint density at radius 3 is 1.85 bits per heavy atom. The largest absolute Gasteiger partial charge is 0.456 e. The van der Waals surface area contributed by atoms with E-state index < -0.39 is 0 Å². The Labute approximate surface area is 345 Å². The van der Waals surface area contributed by atoms with Crippen LogP contribution in [0, 0.1) is 0 Å². The van der Waals surface area contributed by atoms with E-state index in [1.54, 1.807) is 0 Å². The minimum Gasteiger partial charge on any atom is -0.456 e. The summed E-state index contributed by atoms with van der Waals surface area (Å²) < 4.78 is 13.0. The van der Waals surface area contributed by atoms with Crippen LogP contribution >= 0.6 is 0 Å². The zero-order chi connectivity index (χ0) is 39.6. The Balaban J connectivity index is 1.02. The van der Waals surface area contributed by atoms with Crippen molar-refractivity contribution in [2.45, 2.75) is 12.8 Å². The molecule has 1 aliphatic rings. The van der Waals surface area contributed by atoms with Crippen molar-refractivity contribution in [1.29, 1.82) is 0 Å². The molecule has 0 bridgehead atoms. The number of furan rings is 2. The van der Waals surface area contributed by atoms with E-state index in [0.29, 0.717) is 17.5 Å². The molecular weight excluding hydrogens is 735 g/mol. The van der Waals surface area contributed by atoms with Crippen LogP contribution in [0.1, 0.15) is 18.7 Å². The molecule has 0 radical (unpaired) electrons. The molecule has 5 heteroatoms. The zero-order valence-electron chi connectivity index (χ0n) is 32.5. The summed E-state index contributed by atoms with van der Waals surface area (Å²) in [6.45, 7) is 0. The maximum absolute atomic E-state index is 6.77. The molecule has 0 saturated heterocycles. The molecule has 0 atom stereocenters. The summed E-state index contributed by atoms with van der Waals surface area (Å²) in [6.07, 6.45) is 8.48. The average molecular weight is 770 g/mol. The highest BCUT2D eigenvalue weighted by molar-refractivity contribution is 6.21. The van der Waals surface area contributed by atoms with Crippen LogP contribution in [-0.4, -0.2) is 15.0 Å². The first-order chi connectivity index (χ1) is 29.7. The molecular formula is C55H35N3O2. The first-order valence-corrected chi connectivity index (χ1v) is 20.4. The predicted octanol–water partition coefficient (Wildman–Crippen LogP) is 14.9. The fraction of sp³-hybridized carbons (Fsp3) is 0.0364. The summed E-state index contributed by atoms with van der Waals surface area (Å²) in [6, 6.07) is 59.3. The van der Waals surface area contributed by atoms with Crippen molar-refractivity contribution < 1.29 is 8.83 Å². The second kappa shape index (κ2) is 13.9. The van der Waals surface area contributed by atoms with Crippen LogP contribution in [0.5, 0.6) is 0 Å². The number of hydrogen-bond acceptors (Lipinski definition) is 5. The van der Waals surface area contributed by atoms with Crippen LogP contribution in [0.15, 0.2) is 197 Å². The molecule has 8 aromatic carbocycles. The third-order valence-corrected chi connectivity index (χ3v) is 11.8. The van der Waals surface area contributed by atoms with Crippen LogP contribution < -0.4 is 0 Å². The summed E-state index contributed by atoms with van der Waals surface area (Å²) in [7, 11) is 0. The predicted molar refractivity (Wildman–Crippen MR) is 245 cm³/mol. The fourth-order valence-corrected chi connectivity index (χ4v) is 8.72. The van der Waals surface area contributed by atoms with Crippen molar-refractivity contribution in [3.8, 4) is 56.2 Å². The topological polar surface area (TPSA) is 65.0 Å². The number of para-hydroxylation sites is 1. The molecule has 60 heavy (non-hydrogen) atoms. The van der Waals surface area contributed by atoms with Crippen molar-refractivity contribution >= 4 is 60.2 Å². The maximum Gasteiger partial charge on any atom is 0.164 e. The lowest BCUT2D eigenvalue weighted by atomic mass is 9.95. The molecule has 0 unspecified atom stereocenters. The van der Waals surface area contributed by atoms with Crippen LogP contribution in [0.4, 0.5) is 0 Å². The van der Waals surface area contributed by atoms with Gasteiger partial charge in [0.2, 0.25) is 0 Å². The van der Waals surface area contributed by atoms with E-state index in [2.05, 4.69) is 164 Å². The highest BCUT2D eigenvalue weighted by Crippen LogP contribution is 2.42. The van der Waals surface area contributed by atoms with Gasteiger partial charge in [0.25, 0.3) is 0 Å². The normalized spacial score (nSPS) is 12.9. The molecule has 0 N–H and O–H groups in total. The maximum atomic E-state index is 6.77. The zero-order valence-corrected chi connectivity index (χ0v) is 32.5. The standard InChI is InChI=1S/C55H35N3O2/c1-3-11-34(12-4-1)35-19-23-38(24-20-35)46-31-42(32-47-51-43-16-8-7-13-37(43)28-30-49(51)60-52(46)47)55-57-53(39-14-5-2-6-15-39)56-54(58-55)40-25-21-36(22-26-40)41-27-29-45-44-17-9-10-18-48(44)59-50(45)33-41/h1,3-5,7-33H,2,6H2. The van der Waals surface area contributed by atoms with Crippen LogP contribution in [-0.2, 0) is 0 Å². The number of aromatic nitrogens is 3. The second-order valence-electron chi connectivity index (χ2n) is 15.4. The molecule has 0 amide bonds. The SMILES string of the molecule is C1=CC(c2nc(-c3ccc(-c4ccc5c(c4)oc4ccccc45)cc3)nc(-c3cc(-c4ccc(-c5ccccc5)cc4)c4oc5ccc6ccccc6c5c4c3)n2)=CCC1. The van der Waals surface area contributed by atoms with Gasteiger partial charge in [-0.25, -0.2) is 15.0 Å². The molecule has 0 spiro atoms. The molecule has 0 fully saturated rings.